The second-order valence-corrected chi connectivity index (χ2v) is 10.5. The van der Waals surface area contributed by atoms with Crippen LogP contribution in [0.25, 0.3) is 21.8 Å². The lowest BCUT2D eigenvalue weighted by Crippen LogP contribution is -2.23. The number of sulfonamides is 1. The second-order valence-electron chi connectivity index (χ2n) is 8.64. The topological polar surface area (TPSA) is 208 Å². The van der Waals surface area contributed by atoms with Crippen molar-refractivity contribution in [3.8, 4) is 0 Å². The van der Waals surface area contributed by atoms with Gasteiger partial charge in [-0.3, -0.25) is 24.6 Å². The van der Waals surface area contributed by atoms with Crippen LogP contribution < -0.4 is 26.8 Å². The molecule has 4 aromatic rings. The number of carbonyl (C=O) groups is 1. The van der Waals surface area contributed by atoms with Crippen molar-refractivity contribution in [2.45, 2.75) is 13.3 Å². The molecule has 4 rings (SSSR count). The number of aromatic nitrogens is 1. The number of nitro groups is 1. The molecule has 0 fully saturated rings. The van der Waals surface area contributed by atoms with Crippen molar-refractivity contribution >= 4 is 72.1 Å². The van der Waals surface area contributed by atoms with Crippen LogP contribution in [0.3, 0.4) is 0 Å². The number of hydrogen-bond acceptors (Lipinski definition) is 8. The van der Waals surface area contributed by atoms with Gasteiger partial charge in [0.05, 0.1) is 27.4 Å². The number of rotatable bonds is 10. The first-order valence-corrected chi connectivity index (χ1v) is 13.4. The number of anilines is 4. The summed E-state index contributed by atoms with van der Waals surface area (Å²) in [7, 11) is -3.60. The Hall–Kier alpha value is -4.98. The van der Waals surface area contributed by atoms with E-state index in [1.54, 1.807) is 48.5 Å². The molecule has 0 spiro atoms. The van der Waals surface area contributed by atoms with E-state index in [0.29, 0.717) is 39.2 Å². The third kappa shape index (κ3) is 6.87. The summed E-state index contributed by atoms with van der Waals surface area (Å²) < 4.78 is 27.2. The second kappa shape index (κ2) is 11.2. The van der Waals surface area contributed by atoms with Gasteiger partial charge in [0.15, 0.2) is 5.96 Å². The van der Waals surface area contributed by atoms with Crippen LogP contribution in [0.2, 0.25) is 0 Å². The van der Waals surface area contributed by atoms with Gasteiger partial charge in [0.2, 0.25) is 15.9 Å². The highest BCUT2D eigenvalue weighted by molar-refractivity contribution is 7.92. The molecule has 14 heteroatoms. The Balaban J connectivity index is 1.64. The number of nitrogens with zero attached hydrogens (tertiary/aromatic N) is 3. The van der Waals surface area contributed by atoms with Gasteiger partial charge in [0.25, 0.3) is 5.69 Å². The molecule has 1 amide bonds. The van der Waals surface area contributed by atoms with Crippen LogP contribution in [-0.4, -0.2) is 42.5 Å². The zero-order valence-corrected chi connectivity index (χ0v) is 21.7. The summed E-state index contributed by atoms with van der Waals surface area (Å²) in [5.41, 5.74) is 13.5. The lowest BCUT2D eigenvalue weighted by molar-refractivity contribution is -0.384. The van der Waals surface area contributed by atoms with Gasteiger partial charge in [0.1, 0.15) is 0 Å². The molecule has 0 aliphatic carbocycles. The van der Waals surface area contributed by atoms with Gasteiger partial charge in [-0.2, -0.15) is 0 Å². The molecule has 39 heavy (non-hydrogen) atoms. The van der Waals surface area contributed by atoms with Crippen molar-refractivity contribution in [2.75, 3.05) is 27.7 Å². The minimum absolute atomic E-state index is 0.0930. The first-order valence-electron chi connectivity index (χ1n) is 11.7. The maximum absolute atomic E-state index is 12.4. The van der Waals surface area contributed by atoms with Crippen LogP contribution in [0.5, 0.6) is 0 Å². The van der Waals surface area contributed by atoms with Gasteiger partial charge in [0, 0.05) is 53.4 Å². The number of benzene rings is 3. The van der Waals surface area contributed by atoms with Crippen LogP contribution in [0.1, 0.15) is 13.3 Å². The fourth-order valence-electron chi connectivity index (χ4n) is 3.92. The summed E-state index contributed by atoms with van der Waals surface area (Å²) in [5, 5.41) is 18.7. The Bertz CT molecular complexity index is 1700. The first kappa shape index (κ1) is 27.1. The van der Waals surface area contributed by atoms with E-state index in [1.807, 2.05) is 0 Å². The van der Waals surface area contributed by atoms with Crippen molar-refractivity contribution in [1.82, 2.24) is 4.98 Å². The number of nitrogens with one attached hydrogen (secondary N) is 3. The summed E-state index contributed by atoms with van der Waals surface area (Å²) in [6, 6.07) is 16.2. The Kier molecular flexibility index (Phi) is 7.76. The molecule has 0 saturated carbocycles. The maximum Gasteiger partial charge on any atom is 0.271 e. The van der Waals surface area contributed by atoms with E-state index < -0.39 is 14.9 Å². The summed E-state index contributed by atoms with van der Waals surface area (Å²) in [6.45, 7) is 1.60. The largest absolute Gasteiger partial charge is 0.370 e. The number of hydrogen-bond donors (Lipinski definition) is 5. The van der Waals surface area contributed by atoms with E-state index in [0.717, 1.165) is 5.39 Å². The molecule has 7 N–H and O–H groups in total. The molecule has 13 nitrogen and oxygen atoms in total. The predicted octanol–water partition coefficient (Wildman–Crippen LogP) is 3.40. The summed E-state index contributed by atoms with van der Waals surface area (Å²) >= 11 is 0. The maximum atomic E-state index is 12.4. The predicted molar refractivity (Wildman–Crippen MR) is 153 cm³/mol. The van der Waals surface area contributed by atoms with Gasteiger partial charge in [-0.25, -0.2) is 13.4 Å². The summed E-state index contributed by atoms with van der Waals surface area (Å²) in [5.74, 6) is -0.482. The molecule has 202 valence electrons. The molecule has 0 aliphatic rings. The summed E-state index contributed by atoms with van der Waals surface area (Å²) in [6.07, 6.45) is 0.261. The molecule has 0 radical (unpaired) electrons. The lowest BCUT2D eigenvalue weighted by atomic mass is 10.1. The van der Waals surface area contributed by atoms with Crippen molar-refractivity contribution in [2.24, 2.45) is 16.5 Å². The van der Waals surface area contributed by atoms with Gasteiger partial charge in [-0.05, 0) is 55.0 Å². The van der Waals surface area contributed by atoms with Crippen molar-refractivity contribution < 1.29 is 18.1 Å². The molecule has 0 bridgehead atoms. The zero-order valence-electron chi connectivity index (χ0n) is 20.8. The number of guanidine groups is 1. The molecule has 1 aromatic heterocycles. The number of pyridine rings is 1. The van der Waals surface area contributed by atoms with Crippen LogP contribution >= 0.6 is 0 Å². The van der Waals surface area contributed by atoms with E-state index in [-0.39, 0.29) is 36.3 Å². The third-order valence-corrected chi connectivity index (χ3v) is 6.96. The lowest BCUT2D eigenvalue weighted by Gasteiger charge is -2.15. The Morgan fingerprint density at radius 1 is 0.974 bits per heavy atom. The number of carbonyl (C=O) groups excluding carboxylic acids is 1. The molecule has 1 heterocycles. The molecule has 0 saturated heterocycles. The molecular weight excluding hydrogens is 524 g/mol. The molecule has 0 aliphatic heterocycles. The zero-order chi connectivity index (χ0) is 28.2. The number of nitro benzene ring substituents is 1. The standard InChI is InChI=1S/C25H26N8O5S/c1-15(34)29-18-7-9-20-22(13-18)31-23-14-19(33(35)36)8-10-21(23)24(20)30-16-3-5-17(6-4-16)32-39(37,38)12-2-11-28-25(26)27/h3-10,13-14,32H,2,11-12H2,1H3,(H,29,34)(H,30,31)(H4,26,27,28). The number of amides is 1. The van der Waals surface area contributed by atoms with Gasteiger partial charge in [-0.1, -0.05) is 0 Å². The van der Waals surface area contributed by atoms with Gasteiger partial charge < -0.3 is 22.1 Å². The van der Waals surface area contributed by atoms with Crippen molar-refractivity contribution in [3.63, 3.8) is 0 Å². The van der Waals surface area contributed by atoms with E-state index >= 15 is 0 Å². The molecular formula is C25H26N8O5S. The Morgan fingerprint density at radius 3 is 2.23 bits per heavy atom. The van der Waals surface area contributed by atoms with Crippen molar-refractivity contribution in [3.05, 3.63) is 70.8 Å². The van der Waals surface area contributed by atoms with E-state index in [4.69, 9.17) is 11.5 Å². The van der Waals surface area contributed by atoms with Gasteiger partial charge >= 0.3 is 0 Å². The highest BCUT2D eigenvalue weighted by Gasteiger charge is 2.15. The quantitative estimate of drug-likeness (QED) is 0.0488. The normalized spacial score (nSPS) is 11.2. The highest BCUT2D eigenvalue weighted by Crippen LogP contribution is 2.36. The van der Waals surface area contributed by atoms with Crippen LogP contribution in [0.15, 0.2) is 65.7 Å². The van der Waals surface area contributed by atoms with Crippen LogP contribution in [-0.2, 0) is 14.8 Å². The minimum Gasteiger partial charge on any atom is -0.370 e. The number of non-ortho nitro benzene ring substituents is 1. The number of nitrogens with two attached hydrogens (primary N) is 2. The van der Waals surface area contributed by atoms with Crippen molar-refractivity contribution in [1.29, 1.82) is 0 Å². The van der Waals surface area contributed by atoms with E-state index in [2.05, 4.69) is 25.3 Å². The average Bonchev–Trinajstić information content (AvgIpc) is 2.86. The van der Waals surface area contributed by atoms with Gasteiger partial charge in [-0.15, -0.1) is 0 Å². The minimum atomic E-state index is -3.60. The number of fused-ring (bicyclic) bond motifs is 2. The monoisotopic (exact) mass is 550 g/mol. The Morgan fingerprint density at radius 2 is 1.59 bits per heavy atom. The third-order valence-electron chi connectivity index (χ3n) is 5.58. The number of aliphatic imine (C=N–C) groups is 1. The molecule has 3 aromatic carbocycles. The van der Waals surface area contributed by atoms with E-state index in [9.17, 15) is 23.3 Å². The Labute approximate surface area is 223 Å². The van der Waals surface area contributed by atoms with E-state index in [1.165, 1.54) is 19.1 Å². The SMILES string of the molecule is CC(=O)Nc1ccc2c(Nc3ccc(NS(=O)(=O)CCCN=C(N)N)cc3)c3ccc([N+](=O)[O-])cc3nc2c1. The fourth-order valence-corrected chi connectivity index (χ4v) is 5.03. The first-order chi connectivity index (χ1) is 18.5. The molecule has 0 unspecified atom stereocenters. The highest BCUT2D eigenvalue weighted by atomic mass is 32.2. The van der Waals surface area contributed by atoms with Crippen LogP contribution in [0.4, 0.5) is 28.4 Å². The van der Waals surface area contributed by atoms with Crippen LogP contribution in [0, 0.1) is 10.1 Å². The average molecular weight is 551 g/mol. The fraction of sp³-hybridized carbons (Fsp3) is 0.160. The molecule has 0 atom stereocenters. The summed E-state index contributed by atoms with van der Waals surface area (Å²) in [4.78, 5) is 30.7. The smallest absolute Gasteiger partial charge is 0.271 e.